The smallest absolute Gasteiger partial charge is 0.173 e. The molecule has 0 saturated carbocycles. The molecule has 5 heteroatoms. The summed E-state index contributed by atoms with van der Waals surface area (Å²) in [6.07, 6.45) is -0.358. The predicted octanol–water partition coefficient (Wildman–Crippen LogP) is 2.14. The number of methoxy groups -OCH3 is 1. The van der Waals surface area contributed by atoms with Crippen LogP contribution < -0.4 is 0 Å². The largest absolute Gasteiger partial charge is 0.384 e. The molecule has 0 aliphatic heterocycles. The van der Waals surface area contributed by atoms with Crippen LogP contribution in [0.25, 0.3) is 0 Å². The van der Waals surface area contributed by atoms with Crippen LogP contribution in [-0.2, 0) is 9.53 Å². The standard InChI is InChI=1S/C12H12F2O3/c1-17-6-5-8(15)7-11(16)9-3-2-4-10(13)12(9)14/h2-4H,5-7H2,1H3. The molecule has 0 bridgehead atoms. The van der Waals surface area contributed by atoms with Gasteiger partial charge in [0.1, 0.15) is 5.78 Å². The zero-order chi connectivity index (χ0) is 12.8. The van der Waals surface area contributed by atoms with E-state index in [1.807, 2.05) is 0 Å². The number of hydrogen-bond donors (Lipinski definition) is 0. The van der Waals surface area contributed by atoms with Crippen LogP contribution in [0.2, 0.25) is 0 Å². The number of carbonyl (C=O) groups excluding carboxylic acids is 2. The van der Waals surface area contributed by atoms with Crippen LogP contribution in [0.4, 0.5) is 8.78 Å². The van der Waals surface area contributed by atoms with Crippen molar-refractivity contribution in [2.75, 3.05) is 13.7 Å². The van der Waals surface area contributed by atoms with Gasteiger partial charge in [-0.3, -0.25) is 9.59 Å². The summed E-state index contributed by atoms with van der Waals surface area (Å²) in [5, 5.41) is 0. The molecule has 0 heterocycles. The van der Waals surface area contributed by atoms with Crippen molar-refractivity contribution in [3.63, 3.8) is 0 Å². The molecule has 0 N–H and O–H groups in total. The Morgan fingerprint density at radius 1 is 1.29 bits per heavy atom. The highest BCUT2D eigenvalue weighted by Crippen LogP contribution is 2.13. The van der Waals surface area contributed by atoms with E-state index in [0.717, 1.165) is 12.1 Å². The van der Waals surface area contributed by atoms with E-state index < -0.39 is 29.4 Å². The third kappa shape index (κ3) is 3.71. The Kier molecular flexibility index (Phi) is 4.90. The van der Waals surface area contributed by atoms with Crippen LogP contribution in [-0.4, -0.2) is 25.3 Å². The van der Waals surface area contributed by atoms with Crippen LogP contribution in [0.15, 0.2) is 18.2 Å². The molecule has 0 aliphatic rings. The van der Waals surface area contributed by atoms with Crippen LogP contribution in [0.5, 0.6) is 0 Å². The normalized spacial score (nSPS) is 10.3. The maximum absolute atomic E-state index is 13.2. The van der Waals surface area contributed by atoms with E-state index in [9.17, 15) is 18.4 Å². The maximum Gasteiger partial charge on any atom is 0.173 e. The summed E-state index contributed by atoms with van der Waals surface area (Å²) in [6.45, 7) is 0.206. The summed E-state index contributed by atoms with van der Waals surface area (Å²) in [6, 6.07) is 3.30. The molecule has 0 radical (unpaired) electrons. The summed E-state index contributed by atoms with van der Waals surface area (Å²) in [7, 11) is 1.43. The number of carbonyl (C=O) groups is 2. The van der Waals surface area contributed by atoms with E-state index in [1.54, 1.807) is 0 Å². The van der Waals surface area contributed by atoms with E-state index in [1.165, 1.54) is 13.2 Å². The number of ketones is 2. The van der Waals surface area contributed by atoms with Crippen molar-refractivity contribution in [3.8, 4) is 0 Å². The van der Waals surface area contributed by atoms with Gasteiger partial charge in [-0.25, -0.2) is 8.78 Å². The third-order valence-corrected chi connectivity index (χ3v) is 2.19. The van der Waals surface area contributed by atoms with Gasteiger partial charge in [-0.15, -0.1) is 0 Å². The molecule has 0 spiro atoms. The summed E-state index contributed by atoms with van der Waals surface area (Å²) >= 11 is 0. The fourth-order valence-electron chi connectivity index (χ4n) is 1.30. The van der Waals surface area contributed by atoms with Crippen molar-refractivity contribution in [2.45, 2.75) is 12.8 Å². The molecule has 0 unspecified atom stereocenters. The molecule has 1 rings (SSSR count). The molecule has 92 valence electrons. The van der Waals surface area contributed by atoms with Crippen molar-refractivity contribution in [1.29, 1.82) is 0 Å². The Balaban J connectivity index is 2.70. The lowest BCUT2D eigenvalue weighted by Gasteiger charge is -2.02. The van der Waals surface area contributed by atoms with Crippen LogP contribution >= 0.6 is 0 Å². The fourth-order valence-corrected chi connectivity index (χ4v) is 1.30. The summed E-state index contributed by atoms with van der Waals surface area (Å²) in [5.41, 5.74) is -0.393. The van der Waals surface area contributed by atoms with E-state index >= 15 is 0 Å². The van der Waals surface area contributed by atoms with Crippen molar-refractivity contribution < 1.29 is 23.1 Å². The lowest BCUT2D eigenvalue weighted by atomic mass is 10.0. The van der Waals surface area contributed by atoms with E-state index in [-0.39, 0.29) is 18.8 Å². The minimum absolute atomic E-state index is 0.0825. The fraction of sp³-hybridized carbons (Fsp3) is 0.333. The Labute approximate surface area is 97.4 Å². The SMILES string of the molecule is COCCC(=O)CC(=O)c1cccc(F)c1F. The molecule has 0 aromatic heterocycles. The van der Waals surface area contributed by atoms with Crippen molar-refractivity contribution >= 4 is 11.6 Å². The molecule has 0 fully saturated rings. The van der Waals surface area contributed by atoms with Crippen LogP contribution in [0, 0.1) is 11.6 Å². The second-order valence-electron chi connectivity index (χ2n) is 3.48. The maximum atomic E-state index is 13.2. The number of benzene rings is 1. The highest BCUT2D eigenvalue weighted by molar-refractivity contribution is 6.08. The topological polar surface area (TPSA) is 43.4 Å². The number of halogens is 2. The van der Waals surface area contributed by atoms with Gasteiger partial charge >= 0.3 is 0 Å². The first-order valence-corrected chi connectivity index (χ1v) is 5.04. The summed E-state index contributed by atoms with van der Waals surface area (Å²) in [5.74, 6) is -3.39. The first-order valence-electron chi connectivity index (χ1n) is 5.04. The van der Waals surface area contributed by atoms with E-state index in [2.05, 4.69) is 4.74 Å². The van der Waals surface area contributed by atoms with Gasteiger partial charge in [-0.05, 0) is 12.1 Å². The Hall–Kier alpha value is -1.62. The molecular formula is C12H12F2O3. The van der Waals surface area contributed by atoms with Gasteiger partial charge in [0.15, 0.2) is 17.4 Å². The third-order valence-electron chi connectivity index (χ3n) is 2.19. The molecule has 1 aromatic carbocycles. The highest BCUT2D eigenvalue weighted by Gasteiger charge is 2.17. The van der Waals surface area contributed by atoms with Crippen LogP contribution in [0.3, 0.4) is 0 Å². The van der Waals surface area contributed by atoms with Gasteiger partial charge in [0.05, 0.1) is 18.6 Å². The summed E-state index contributed by atoms with van der Waals surface area (Å²) in [4.78, 5) is 22.8. The van der Waals surface area contributed by atoms with Gasteiger partial charge < -0.3 is 4.74 Å². The number of Topliss-reactive ketones (excluding diaryl/α,β-unsaturated/α-hetero) is 2. The number of rotatable bonds is 6. The van der Waals surface area contributed by atoms with E-state index in [4.69, 9.17) is 0 Å². The Bertz CT molecular complexity index is 430. The minimum atomic E-state index is -1.21. The second-order valence-corrected chi connectivity index (χ2v) is 3.48. The quantitative estimate of drug-likeness (QED) is 0.567. The van der Waals surface area contributed by atoms with Gasteiger partial charge in [-0.2, -0.15) is 0 Å². The highest BCUT2D eigenvalue weighted by atomic mass is 19.2. The molecule has 0 atom stereocenters. The molecule has 0 amide bonds. The first kappa shape index (κ1) is 13.4. The molecule has 0 saturated heterocycles. The van der Waals surface area contributed by atoms with Gasteiger partial charge in [-0.1, -0.05) is 6.07 Å². The molecular weight excluding hydrogens is 230 g/mol. The molecule has 17 heavy (non-hydrogen) atoms. The predicted molar refractivity (Wildman–Crippen MR) is 56.8 cm³/mol. The number of ether oxygens (including phenoxy) is 1. The Morgan fingerprint density at radius 2 is 2.00 bits per heavy atom. The van der Waals surface area contributed by atoms with Crippen molar-refractivity contribution in [1.82, 2.24) is 0 Å². The summed E-state index contributed by atoms with van der Waals surface area (Å²) < 4.78 is 30.7. The molecule has 3 nitrogen and oxygen atoms in total. The lowest BCUT2D eigenvalue weighted by Crippen LogP contribution is -2.12. The molecule has 1 aromatic rings. The second kappa shape index (κ2) is 6.20. The lowest BCUT2D eigenvalue weighted by molar-refractivity contribution is -0.119. The zero-order valence-electron chi connectivity index (χ0n) is 9.33. The average molecular weight is 242 g/mol. The van der Waals surface area contributed by atoms with Gasteiger partial charge in [0.25, 0.3) is 0 Å². The minimum Gasteiger partial charge on any atom is -0.384 e. The Morgan fingerprint density at radius 3 is 2.65 bits per heavy atom. The van der Waals surface area contributed by atoms with Crippen molar-refractivity contribution in [2.24, 2.45) is 0 Å². The monoisotopic (exact) mass is 242 g/mol. The molecule has 0 aliphatic carbocycles. The zero-order valence-corrected chi connectivity index (χ0v) is 9.33. The van der Waals surface area contributed by atoms with E-state index in [0.29, 0.717) is 0 Å². The van der Waals surface area contributed by atoms with Gasteiger partial charge in [0, 0.05) is 13.5 Å². The van der Waals surface area contributed by atoms with Crippen LogP contribution in [0.1, 0.15) is 23.2 Å². The first-order chi connectivity index (χ1) is 8.06. The number of hydrogen-bond acceptors (Lipinski definition) is 3. The van der Waals surface area contributed by atoms with Gasteiger partial charge in [0.2, 0.25) is 0 Å². The van der Waals surface area contributed by atoms with Crippen molar-refractivity contribution in [3.05, 3.63) is 35.4 Å². The average Bonchev–Trinajstić information content (AvgIpc) is 2.29.